The molecule has 0 amide bonds. The Morgan fingerprint density at radius 3 is 0.517 bits per heavy atom. The van der Waals surface area contributed by atoms with E-state index in [9.17, 15) is 0 Å². The van der Waals surface area contributed by atoms with Crippen molar-refractivity contribution in [2.75, 3.05) is 26.4 Å². The molecule has 0 saturated carbocycles. The average Bonchev–Trinajstić information content (AvgIpc) is 1.71. The number of benzene rings is 13. The van der Waals surface area contributed by atoms with Crippen LogP contribution in [0, 0.1) is 55.4 Å². The Morgan fingerprint density at radius 2 is 0.342 bits per heavy atom. The summed E-state index contributed by atoms with van der Waals surface area (Å²) in [6.07, 6.45) is 17.6. The van der Waals surface area contributed by atoms with Crippen molar-refractivity contribution in [3.63, 3.8) is 0 Å². The highest BCUT2D eigenvalue weighted by molar-refractivity contribution is 6.10. The number of para-hydroxylation sites is 8. The Balaban J connectivity index is 0.609. The molecule has 8 nitrogen and oxygen atoms in total. The SMILES string of the molecule is Cc1cc(C(c2ccc(C(c3cc(C)c(OCCCCCCn4c5ccccc5c5ccccc54)c(C)c3)c3cc(C)c(OCCCCCCn4c5ccccc5c5ccccc54)c(C)c3)cc2)c2cc(C)c(OCCCCCCn3c4ccccc4c4ccccc43)c(C)c2)cc(C)c1OCCCCCCn1c2ccccc2c2ccccc21. The first-order valence-electron chi connectivity index (χ1n) is 44.8. The number of aryl methyl sites for hydroxylation is 12. The molecule has 0 atom stereocenters. The third kappa shape index (κ3) is 17.1. The number of aromatic nitrogens is 4. The van der Waals surface area contributed by atoms with Crippen LogP contribution in [0.2, 0.25) is 0 Å². The molecule has 610 valence electrons. The van der Waals surface area contributed by atoms with Gasteiger partial charge in [-0.25, -0.2) is 0 Å². The molecule has 17 aromatic rings. The van der Waals surface area contributed by atoms with E-state index in [1.807, 2.05) is 0 Å². The quantitative estimate of drug-likeness (QED) is 0.0286. The molecule has 0 saturated heterocycles. The van der Waals surface area contributed by atoms with Crippen molar-refractivity contribution in [3.05, 3.63) is 345 Å². The van der Waals surface area contributed by atoms with Crippen LogP contribution in [-0.2, 0) is 26.2 Å². The largest absolute Gasteiger partial charge is 0.493 e. The molecule has 0 radical (unpaired) electrons. The third-order valence-corrected chi connectivity index (χ3v) is 25.7. The van der Waals surface area contributed by atoms with Crippen molar-refractivity contribution < 1.29 is 18.9 Å². The van der Waals surface area contributed by atoms with Gasteiger partial charge in [0.1, 0.15) is 23.0 Å². The molecule has 0 bridgehead atoms. The second-order valence-electron chi connectivity index (χ2n) is 34.3. The lowest BCUT2D eigenvalue weighted by Gasteiger charge is -2.26. The van der Waals surface area contributed by atoms with E-state index in [1.165, 1.54) is 121 Å². The summed E-state index contributed by atoms with van der Waals surface area (Å²) in [5.74, 6) is 3.85. The number of hydrogen-bond acceptors (Lipinski definition) is 4. The molecule has 13 aromatic carbocycles. The van der Waals surface area contributed by atoms with Gasteiger partial charge in [0.15, 0.2) is 0 Å². The Bertz CT molecular complexity index is 5400. The third-order valence-electron chi connectivity index (χ3n) is 25.7. The number of nitrogens with zero attached hydrogens (tertiary/aromatic N) is 4. The summed E-state index contributed by atoms with van der Waals surface area (Å²) in [5.41, 5.74) is 27.4. The Kier molecular flexibility index (Phi) is 25.1. The molecule has 8 heteroatoms. The maximum Gasteiger partial charge on any atom is 0.125 e. The summed E-state index contributed by atoms with van der Waals surface area (Å²) in [5, 5.41) is 10.7. The van der Waals surface area contributed by atoms with Gasteiger partial charge in [0, 0.05) is 125 Å². The fourth-order valence-corrected chi connectivity index (χ4v) is 20.1. The second-order valence-corrected chi connectivity index (χ2v) is 34.3. The summed E-state index contributed by atoms with van der Waals surface area (Å²) in [7, 11) is 0. The van der Waals surface area contributed by atoms with Crippen LogP contribution in [0.4, 0.5) is 0 Å². The normalized spacial score (nSPS) is 11.9. The van der Waals surface area contributed by atoms with E-state index in [1.54, 1.807) is 0 Å². The predicted molar refractivity (Wildman–Crippen MR) is 506 cm³/mol. The van der Waals surface area contributed by atoms with Crippen LogP contribution in [0.1, 0.15) is 192 Å². The molecule has 0 aliphatic heterocycles. The van der Waals surface area contributed by atoms with E-state index in [2.05, 4.69) is 341 Å². The zero-order chi connectivity index (χ0) is 82.0. The van der Waals surface area contributed by atoms with Crippen molar-refractivity contribution in [1.29, 1.82) is 0 Å². The number of unbranched alkanes of at least 4 members (excludes halogenated alkanes) is 12. The van der Waals surface area contributed by atoms with Gasteiger partial charge in [0.05, 0.1) is 26.4 Å². The molecule has 0 spiro atoms. The van der Waals surface area contributed by atoms with Gasteiger partial charge in [-0.05, 0) is 233 Å². The molecule has 4 aromatic heterocycles. The van der Waals surface area contributed by atoms with Crippen LogP contribution in [0.3, 0.4) is 0 Å². The second kappa shape index (κ2) is 37.3. The minimum absolute atomic E-state index is 0.0681. The average molecular weight is 1580 g/mol. The maximum absolute atomic E-state index is 6.82. The van der Waals surface area contributed by atoms with E-state index in [0.717, 1.165) is 196 Å². The van der Waals surface area contributed by atoms with Gasteiger partial charge in [-0.3, -0.25) is 0 Å². The molecule has 0 unspecified atom stereocenters. The van der Waals surface area contributed by atoms with Gasteiger partial charge in [0.2, 0.25) is 0 Å². The predicted octanol–water partition coefficient (Wildman–Crippen LogP) is 29.5. The van der Waals surface area contributed by atoms with E-state index < -0.39 is 0 Å². The van der Waals surface area contributed by atoms with Crippen LogP contribution in [0.25, 0.3) is 87.2 Å². The van der Waals surface area contributed by atoms with Crippen LogP contribution in [-0.4, -0.2) is 44.7 Å². The zero-order valence-corrected chi connectivity index (χ0v) is 72.0. The first kappa shape index (κ1) is 80.7. The summed E-state index contributed by atoms with van der Waals surface area (Å²) in [4.78, 5) is 0. The van der Waals surface area contributed by atoms with E-state index in [0.29, 0.717) is 26.4 Å². The summed E-state index contributed by atoms with van der Waals surface area (Å²) >= 11 is 0. The highest BCUT2D eigenvalue weighted by atomic mass is 16.5. The van der Waals surface area contributed by atoms with Crippen LogP contribution in [0.5, 0.6) is 23.0 Å². The van der Waals surface area contributed by atoms with Gasteiger partial charge in [0.25, 0.3) is 0 Å². The molecule has 4 heterocycles. The van der Waals surface area contributed by atoms with Crippen molar-refractivity contribution >= 4 is 87.2 Å². The van der Waals surface area contributed by atoms with E-state index >= 15 is 0 Å². The van der Waals surface area contributed by atoms with Gasteiger partial charge in [-0.1, -0.05) is 270 Å². The summed E-state index contributed by atoms with van der Waals surface area (Å²) < 4.78 is 37.4. The summed E-state index contributed by atoms with van der Waals surface area (Å²) in [6, 6.07) is 99.7. The van der Waals surface area contributed by atoms with E-state index in [-0.39, 0.29) is 11.8 Å². The zero-order valence-electron chi connectivity index (χ0n) is 72.0. The topological polar surface area (TPSA) is 56.6 Å². The summed E-state index contributed by atoms with van der Waals surface area (Å²) in [6.45, 7) is 24.7. The molecule has 17 rings (SSSR count). The molecule has 0 fully saturated rings. The fraction of sp³-hybridized carbons (Fsp3) is 0.304. The van der Waals surface area contributed by atoms with Crippen LogP contribution in [0.15, 0.2) is 267 Å². The lowest BCUT2D eigenvalue weighted by molar-refractivity contribution is 0.300. The van der Waals surface area contributed by atoms with Gasteiger partial charge >= 0.3 is 0 Å². The van der Waals surface area contributed by atoms with Crippen molar-refractivity contribution in [2.24, 2.45) is 0 Å². The van der Waals surface area contributed by atoms with Crippen LogP contribution < -0.4 is 18.9 Å². The Morgan fingerprint density at radius 1 is 0.183 bits per heavy atom. The molecule has 120 heavy (non-hydrogen) atoms. The van der Waals surface area contributed by atoms with Gasteiger partial charge in [-0.15, -0.1) is 0 Å². The number of ether oxygens (including phenoxy) is 4. The number of hydrogen-bond donors (Lipinski definition) is 0. The number of rotatable bonds is 38. The lowest BCUT2D eigenvalue weighted by Crippen LogP contribution is -2.10. The molecule has 0 aliphatic rings. The monoisotopic (exact) mass is 1580 g/mol. The van der Waals surface area contributed by atoms with Gasteiger partial charge < -0.3 is 37.2 Å². The van der Waals surface area contributed by atoms with Gasteiger partial charge in [-0.2, -0.15) is 0 Å². The molecule has 0 N–H and O–H groups in total. The number of fused-ring (bicyclic) bond motifs is 12. The maximum atomic E-state index is 6.82. The highest BCUT2D eigenvalue weighted by Crippen LogP contribution is 2.44. The minimum atomic E-state index is -0.0681. The van der Waals surface area contributed by atoms with Crippen molar-refractivity contribution in [2.45, 2.75) is 196 Å². The first-order valence-corrected chi connectivity index (χ1v) is 44.8. The highest BCUT2D eigenvalue weighted by Gasteiger charge is 2.27. The van der Waals surface area contributed by atoms with E-state index in [4.69, 9.17) is 18.9 Å². The smallest absolute Gasteiger partial charge is 0.125 e. The first-order chi connectivity index (χ1) is 58.9. The van der Waals surface area contributed by atoms with Crippen molar-refractivity contribution in [3.8, 4) is 23.0 Å². The Hall–Kier alpha value is -11.7. The minimum Gasteiger partial charge on any atom is -0.493 e. The standard InChI is InChI=1S/C112H118N4O4/c1-77-69-87(70-78(2)109(77)117-65-37-13-9-33-61-113-99-49-25-17-41-91(99)92-42-18-26-50-100(92)113)107(88-71-79(3)110(80(4)72-88)118-66-38-14-10-34-62-114-101-51-27-19-43-93(101)94-44-20-28-52-102(94)114)85-57-59-86(60-58-85)108(89-73-81(5)111(82(6)74-89)119-67-39-15-11-35-63-115-103-53-29-21-45-95(103)96-46-22-30-54-104(96)115)90-75-83(7)112(84(8)76-90)120-68-40-16-12-36-64-116-105-55-31-23-47-97(105)98-48-24-32-56-106(98)116/h17-32,41-60,69-76,107-108H,9-16,33-40,61-68H2,1-8H3. The Labute approximate surface area is 710 Å². The lowest BCUT2D eigenvalue weighted by atomic mass is 9.79. The fourth-order valence-electron chi connectivity index (χ4n) is 20.1. The molecular formula is C112H118N4O4. The molecular weight excluding hydrogens is 1470 g/mol. The molecule has 0 aliphatic carbocycles. The van der Waals surface area contributed by atoms with Crippen LogP contribution >= 0.6 is 0 Å². The van der Waals surface area contributed by atoms with Crippen molar-refractivity contribution in [1.82, 2.24) is 18.3 Å².